The van der Waals surface area contributed by atoms with Gasteiger partial charge in [0.05, 0.1) is 19.9 Å². The van der Waals surface area contributed by atoms with Crippen molar-refractivity contribution in [1.29, 1.82) is 0 Å². The van der Waals surface area contributed by atoms with E-state index in [0.29, 0.717) is 44.9 Å². The summed E-state index contributed by atoms with van der Waals surface area (Å²) in [5.41, 5.74) is 0.716. The van der Waals surface area contributed by atoms with Crippen LogP contribution in [-0.4, -0.2) is 46.0 Å². The van der Waals surface area contributed by atoms with Crippen LogP contribution in [0.3, 0.4) is 0 Å². The molecule has 1 fully saturated rings. The van der Waals surface area contributed by atoms with Crippen molar-refractivity contribution in [1.82, 2.24) is 10.0 Å². The van der Waals surface area contributed by atoms with E-state index in [9.17, 15) is 19.5 Å². The zero-order chi connectivity index (χ0) is 26.4. The number of amides is 2. The number of thioether (sulfide) groups is 2. The third kappa shape index (κ3) is 5.88. The van der Waals surface area contributed by atoms with E-state index in [2.05, 4.69) is 20.8 Å². The van der Waals surface area contributed by atoms with Crippen molar-refractivity contribution >= 4 is 41.3 Å². The highest BCUT2D eigenvalue weighted by atomic mass is 32.2. The lowest BCUT2D eigenvalue weighted by atomic mass is 10.00. The number of rotatable bonds is 12. The molecule has 1 N–H and O–H groups in total. The Morgan fingerprint density at radius 3 is 2.03 bits per heavy atom. The van der Waals surface area contributed by atoms with Crippen molar-refractivity contribution in [2.75, 3.05) is 13.1 Å². The number of aromatic hydroxyl groups is 1. The van der Waals surface area contributed by atoms with Gasteiger partial charge in [-0.2, -0.15) is 0 Å². The average molecular weight is 535 g/mol. The van der Waals surface area contributed by atoms with Gasteiger partial charge in [0.2, 0.25) is 0 Å². The Hall–Kier alpha value is -2.13. The second-order valence-electron chi connectivity index (χ2n) is 9.30. The number of nitrogens with zero attached hydrogens (tertiary/aromatic N) is 2. The molecule has 1 unspecified atom stereocenters. The minimum absolute atomic E-state index is 0.0829. The molecule has 1 aromatic carbocycles. The zero-order valence-corrected chi connectivity index (χ0v) is 23.6. The predicted octanol–water partition coefficient (Wildman–Crippen LogP) is 6.42. The largest absolute Gasteiger partial charge is 0.506 e. The van der Waals surface area contributed by atoms with E-state index in [1.165, 1.54) is 23.5 Å². The molecule has 2 aliphatic heterocycles. The van der Waals surface area contributed by atoms with Gasteiger partial charge < -0.3 is 9.84 Å². The standard InChI is InChI=1S/C27H38N2O5S2/c1-6-10-13-18(9-4)26(33)34-19-16-17(5)21(30)23-22(19)35-27(36-23)20-24(31)28(14-11-7-2)29(25(20)32)15-12-8-3/h16,18,30H,6-15H2,1-5H3. The zero-order valence-electron chi connectivity index (χ0n) is 22.0. The van der Waals surface area contributed by atoms with Gasteiger partial charge in [-0.05, 0) is 44.2 Å². The topological polar surface area (TPSA) is 87.2 Å². The molecule has 2 aliphatic rings. The molecule has 0 radical (unpaired) electrons. The molecular weight excluding hydrogens is 496 g/mol. The summed E-state index contributed by atoms with van der Waals surface area (Å²) >= 11 is 2.44. The summed E-state index contributed by atoms with van der Waals surface area (Å²) in [6.45, 7) is 10.9. The van der Waals surface area contributed by atoms with E-state index < -0.39 is 0 Å². The third-order valence-electron chi connectivity index (χ3n) is 6.54. The second kappa shape index (κ2) is 12.9. The van der Waals surface area contributed by atoms with Crippen LogP contribution in [0.2, 0.25) is 0 Å². The Morgan fingerprint density at radius 1 is 0.944 bits per heavy atom. The lowest BCUT2D eigenvalue weighted by molar-refractivity contribution is -0.147. The monoisotopic (exact) mass is 534 g/mol. The maximum absolute atomic E-state index is 13.4. The number of esters is 1. The Balaban J connectivity index is 1.95. The van der Waals surface area contributed by atoms with Gasteiger partial charge >= 0.3 is 5.97 Å². The van der Waals surface area contributed by atoms with Crippen molar-refractivity contribution in [3.05, 3.63) is 21.4 Å². The fourth-order valence-corrected chi connectivity index (χ4v) is 6.92. The van der Waals surface area contributed by atoms with E-state index in [1.54, 1.807) is 23.0 Å². The van der Waals surface area contributed by atoms with Gasteiger partial charge in [-0.3, -0.25) is 14.4 Å². The Bertz CT molecular complexity index is 1010. The Labute approximate surface area is 223 Å². The Kier molecular flexibility index (Phi) is 10.2. The molecular formula is C27H38N2O5S2. The molecule has 0 aromatic heterocycles. The molecule has 0 saturated carbocycles. The summed E-state index contributed by atoms with van der Waals surface area (Å²) in [4.78, 5) is 40.9. The lowest BCUT2D eigenvalue weighted by Gasteiger charge is -2.27. The van der Waals surface area contributed by atoms with Gasteiger partial charge in [0, 0.05) is 13.1 Å². The predicted molar refractivity (Wildman–Crippen MR) is 144 cm³/mol. The van der Waals surface area contributed by atoms with Crippen molar-refractivity contribution in [2.45, 2.75) is 95.8 Å². The number of ether oxygens (including phenoxy) is 1. The van der Waals surface area contributed by atoms with Crippen LogP contribution in [0.25, 0.3) is 0 Å². The van der Waals surface area contributed by atoms with Crippen molar-refractivity contribution in [3.63, 3.8) is 0 Å². The minimum atomic E-state index is -0.298. The number of phenolic OH excluding ortho intramolecular Hbond substituents is 1. The molecule has 2 amide bonds. The van der Waals surface area contributed by atoms with E-state index >= 15 is 0 Å². The van der Waals surface area contributed by atoms with E-state index in [4.69, 9.17) is 4.74 Å². The van der Waals surface area contributed by atoms with Crippen LogP contribution in [0.15, 0.2) is 25.7 Å². The summed E-state index contributed by atoms with van der Waals surface area (Å²) in [5.74, 6) is -0.616. The molecule has 2 heterocycles. The molecule has 1 aromatic rings. The fraction of sp³-hybridized carbons (Fsp3) is 0.593. The first-order valence-corrected chi connectivity index (χ1v) is 14.7. The number of unbranched alkanes of at least 4 members (excludes halogenated alkanes) is 3. The second-order valence-corrected chi connectivity index (χ2v) is 11.6. The van der Waals surface area contributed by atoms with Crippen molar-refractivity contribution in [3.8, 4) is 11.5 Å². The summed E-state index contributed by atoms with van der Waals surface area (Å²) < 4.78 is 6.38. The Morgan fingerprint density at radius 2 is 1.50 bits per heavy atom. The number of carbonyl (C=O) groups is 3. The molecule has 36 heavy (non-hydrogen) atoms. The van der Waals surface area contributed by atoms with Gasteiger partial charge in [-0.1, -0.05) is 76.9 Å². The number of fused-ring (bicyclic) bond motifs is 1. The van der Waals surface area contributed by atoms with Crippen molar-refractivity contribution in [2.24, 2.45) is 5.92 Å². The summed E-state index contributed by atoms with van der Waals surface area (Å²) in [7, 11) is 0. The third-order valence-corrected chi connectivity index (χ3v) is 9.16. The van der Waals surface area contributed by atoms with Gasteiger partial charge in [0.1, 0.15) is 17.1 Å². The number of phenols is 1. The highest BCUT2D eigenvalue weighted by molar-refractivity contribution is 8.25. The van der Waals surface area contributed by atoms with Crippen LogP contribution >= 0.6 is 23.5 Å². The molecule has 3 rings (SSSR count). The quantitative estimate of drug-likeness (QED) is 0.143. The first-order valence-electron chi connectivity index (χ1n) is 13.1. The molecule has 9 heteroatoms. The molecule has 198 valence electrons. The number of aryl methyl sites for hydroxylation is 1. The van der Waals surface area contributed by atoms with Gasteiger partial charge in [0.25, 0.3) is 11.8 Å². The average Bonchev–Trinajstić information content (AvgIpc) is 3.39. The smallest absolute Gasteiger partial charge is 0.314 e. The maximum atomic E-state index is 13.4. The normalized spacial score (nSPS) is 16.2. The maximum Gasteiger partial charge on any atom is 0.314 e. The molecule has 1 atom stereocenters. The van der Waals surface area contributed by atoms with Crippen LogP contribution in [0.1, 0.15) is 84.6 Å². The molecule has 7 nitrogen and oxygen atoms in total. The van der Waals surface area contributed by atoms with E-state index in [1.807, 2.05) is 6.92 Å². The van der Waals surface area contributed by atoms with Crippen LogP contribution in [0.5, 0.6) is 11.5 Å². The fourth-order valence-electron chi connectivity index (χ4n) is 4.24. The molecule has 0 spiro atoms. The number of carbonyl (C=O) groups excluding carboxylic acids is 3. The van der Waals surface area contributed by atoms with Crippen LogP contribution in [-0.2, 0) is 14.4 Å². The molecule has 0 aliphatic carbocycles. The van der Waals surface area contributed by atoms with Crippen LogP contribution in [0.4, 0.5) is 0 Å². The SMILES string of the molecule is CCCCC(CC)C(=O)Oc1cc(C)c(O)c2c1SC(=C1C(=O)N(CCCC)N(CCCC)C1=O)S2. The number of benzene rings is 1. The first kappa shape index (κ1) is 28.4. The molecule has 0 bridgehead atoms. The number of hydrogen-bond acceptors (Lipinski definition) is 7. The van der Waals surface area contributed by atoms with E-state index in [-0.39, 0.29) is 35.0 Å². The summed E-state index contributed by atoms with van der Waals surface area (Å²) in [5, 5.41) is 13.9. The van der Waals surface area contributed by atoms with Gasteiger partial charge in [-0.15, -0.1) is 0 Å². The number of hydrazine groups is 1. The van der Waals surface area contributed by atoms with Crippen molar-refractivity contribution < 1.29 is 24.2 Å². The minimum Gasteiger partial charge on any atom is -0.506 e. The van der Waals surface area contributed by atoms with Gasteiger partial charge in [0.15, 0.2) is 0 Å². The highest BCUT2D eigenvalue weighted by Gasteiger charge is 2.44. The highest BCUT2D eigenvalue weighted by Crippen LogP contribution is 2.60. The lowest BCUT2D eigenvalue weighted by Crippen LogP contribution is -2.42. The van der Waals surface area contributed by atoms with Gasteiger partial charge in [-0.25, -0.2) is 10.0 Å². The van der Waals surface area contributed by atoms with E-state index in [0.717, 1.165) is 44.9 Å². The first-order chi connectivity index (χ1) is 17.3. The molecule has 1 saturated heterocycles. The van der Waals surface area contributed by atoms with Crippen LogP contribution < -0.4 is 4.74 Å². The number of hydrogen-bond donors (Lipinski definition) is 1. The summed E-state index contributed by atoms with van der Waals surface area (Å²) in [6.07, 6.45) is 6.87. The van der Waals surface area contributed by atoms with Crippen LogP contribution in [0, 0.1) is 12.8 Å². The summed E-state index contributed by atoms with van der Waals surface area (Å²) in [6, 6.07) is 1.67.